The van der Waals surface area contributed by atoms with Crippen LogP contribution in [-0.4, -0.2) is 47.3 Å². The molecule has 0 radical (unpaired) electrons. The van der Waals surface area contributed by atoms with Gasteiger partial charge >= 0.3 is 0 Å². The minimum absolute atomic E-state index is 0.137. The fraction of sp³-hybridized carbons (Fsp3) is 0.182. The Morgan fingerprint density at radius 1 is 1.06 bits per heavy atom. The van der Waals surface area contributed by atoms with E-state index in [1.54, 1.807) is 59.9 Å². The lowest BCUT2D eigenvalue weighted by Gasteiger charge is -2.20. The molecule has 9 heteroatoms. The molecule has 1 unspecified atom stereocenters. The van der Waals surface area contributed by atoms with Gasteiger partial charge in [-0.3, -0.25) is 14.6 Å². The zero-order chi connectivity index (χ0) is 22.2. The van der Waals surface area contributed by atoms with Crippen molar-refractivity contribution in [3.8, 4) is 0 Å². The average Bonchev–Trinajstić information content (AvgIpc) is 2.75. The highest BCUT2D eigenvalue weighted by atomic mass is 35.5. The molecule has 1 aromatic carbocycles. The van der Waals surface area contributed by atoms with Gasteiger partial charge in [-0.25, -0.2) is 4.98 Å². The minimum atomic E-state index is -0.438. The van der Waals surface area contributed by atoms with E-state index in [9.17, 15) is 9.59 Å². The van der Waals surface area contributed by atoms with E-state index >= 15 is 0 Å². The summed E-state index contributed by atoms with van der Waals surface area (Å²) in [6.45, 7) is 0.244. The van der Waals surface area contributed by atoms with E-state index in [0.717, 1.165) is 5.56 Å². The third kappa shape index (κ3) is 6.78. The third-order valence-corrected chi connectivity index (χ3v) is 5.53. The first-order valence-electron chi connectivity index (χ1n) is 9.45. The standard InChI is InChI=1S/C22H22ClN5O2S/c1-28(2)14-19(29)27-21(15-9-12-24-13-10-15)31-22-18(4-3-11-25-22)20(30)26-17-7-5-16(23)6-8-17/h3-13,21H,14H2,1-2H3,(H,26,30)(H,27,29). The van der Waals surface area contributed by atoms with Crippen LogP contribution < -0.4 is 10.6 Å². The van der Waals surface area contributed by atoms with Crippen LogP contribution in [0.3, 0.4) is 0 Å². The second-order valence-corrected chi connectivity index (χ2v) is 8.43. The molecule has 0 spiro atoms. The molecule has 0 saturated carbocycles. The van der Waals surface area contributed by atoms with Gasteiger partial charge in [0, 0.05) is 29.3 Å². The molecule has 7 nitrogen and oxygen atoms in total. The number of hydrogen-bond donors (Lipinski definition) is 2. The van der Waals surface area contributed by atoms with Crippen molar-refractivity contribution in [2.45, 2.75) is 10.4 Å². The summed E-state index contributed by atoms with van der Waals surface area (Å²) in [5.74, 6) is -0.437. The van der Waals surface area contributed by atoms with Crippen LogP contribution in [-0.2, 0) is 4.79 Å². The van der Waals surface area contributed by atoms with Crippen molar-refractivity contribution in [2.75, 3.05) is 26.0 Å². The molecule has 1 atom stereocenters. The molecule has 3 aromatic rings. The molecule has 0 fully saturated rings. The van der Waals surface area contributed by atoms with Crippen molar-refractivity contribution in [2.24, 2.45) is 0 Å². The summed E-state index contributed by atoms with van der Waals surface area (Å²) >= 11 is 7.20. The Hall–Kier alpha value is -2.94. The van der Waals surface area contributed by atoms with Crippen molar-refractivity contribution in [3.05, 3.63) is 83.3 Å². The van der Waals surface area contributed by atoms with E-state index in [2.05, 4.69) is 20.6 Å². The second-order valence-electron chi connectivity index (χ2n) is 6.90. The van der Waals surface area contributed by atoms with Crippen LogP contribution in [0, 0.1) is 0 Å². The molecule has 160 valence electrons. The predicted molar refractivity (Wildman–Crippen MR) is 123 cm³/mol. The zero-order valence-electron chi connectivity index (χ0n) is 17.1. The Bertz CT molecular complexity index is 1030. The molecule has 0 saturated heterocycles. The number of aromatic nitrogens is 2. The van der Waals surface area contributed by atoms with Crippen molar-refractivity contribution in [3.63, 3.8) is 0 Å². The first-order valence-corrected chi connectivity index (χ1v) is 10.7. The summed E-state index contributed by atoms with van der Waals surface area (Å²) in [6, 6.07) is 13.9. The minimum Gasteiger partial charge on any atom is -0.339 e. The van der Waals surface area contributed by atoms with Crippen LogP contribution >= 0.6 is 23.4 Å². The number of rotatable bonds is 8. The van der Waals surface area contributed by atoms with Crippen LogP contribution in [0.15, 0.2) is 72.1 Å². The summed E-state index contributed by atoms with van der Waals surface area (Å²) in [5.41, 5.74) is 1.88. The van der Waals surface area contributed by atoms with Gasteiger partial charge in [0.2, 0.25) is 5.91 Å². The fourth-order valence-corrected chi connectivity index (χ4v) is 3.94. The molecule has 2 amide bonds. The number of likely N-dealkylation sites (N-methyl/N-ethyl adjacent to an activating group) is 1. The topological polar surface area (TPSA) is 87.2 Å². The summed E-state index contributed by atoms with van der Waals surface area (Å²) in [5, 5.41) is 6.50. The van der Waals surface area contributed by atoms with Crippen molar-refractivity contribution < 1.29 is 9.59 Å². The van der Waals surface area contributed by atoms with Gasteiger partial charge in [0.15, 0.2) is 0 Å². The number of nitrogens with one attached hydrogen (secondary N) is 2. The average molecular weight is 456 g/mol. The van der Waals surface area contributed by atoms with Crippen molar-refractivity contribution >= 4 is 40.9 Å². The number of amides is 2. The van der Waals surface area contributed by atoms with Crippen molar-refractivity contribution in [1.82, 2.24) is 20.2 Å². The Kier molecular flexibility index (Phi) is 8.00. The van der Waals surface area contributed by atoms with Gasteiger partial charge in [-0.05, 0) is 68.2 Å². The van der Waals surface area contributed by atoms with Gasteiger partial charge in [-0.1, -0.05) is 23.4 Å². The molecule has 0 aliphatic rings. The Balaban J connectivity index is 1.83. The first kappa shape index (κ1) is 22.7. The lowest BCUT2D eigenvalue weighted by Crippen LogP contribution is -2.35. The summed E-state index contributed by atoms with van der Waals surface area (Å²) in [7, 11) is 3.65. The predicted octanol–water partition coefficient (Wildman–Crippen LogP) is 3.85. The molecule has 31 heavy (non-hydrogen) atoms. The number of anilines is 1. The number of thioether (sulfide) groups is 1. The van der Waals surface area contributed by atoms with Crippen LogP contribution in [0.5, 0.6) is 0 Å². The largest absolute Gasteiger partial charge is 0.339 e. The SMILES string of the molecule is CN(C)CC(=O)NC(Sc1ncccc1C(=O)Nc1ccc(Cl)cc1)c1ccncc1. The number of carbonyl (C=O) groups excluding carboxylic acids is 2. The van der Waals surface area contributed by atoms with Crippen molar-refractivity contribution in [1.29, 1.82) is 0 Å². The Morgan fingerprint density at radius 3 is 2.45 bits per heavy atom. The number of halogens is 1. The lowest BCUT2D eigenvalue weighted by molar-refractivity contribution is -0.121. The van der Waals surface area contributed by atoms with Gasteiger partial charge in [0.1, 0.15) is 10.4 Å². The van der Waals surface area contributed by atoms with Gasteiger partial charge < -0.3 is 15.5 Å². The highest BCUT2D eigenvalue weighted by Gasteiger charge is 2.21. The highest BCUT2D eigenvalue weighted by molar-refractivity contribution is 7.99. The molecule has 0 bridgehead atoms. The van der Waals surface area contributed by atoms with E-state index in [0.29, 0.717) is 21.3 Å². The van der Waals surface area contributed by atoms with E-state index < -0.39 is 5.37 Å². The highest BCUT2D eigenvalue weighted by Crippen LogP contribution is 2.34. The maximum Gasteiger partial charge on any atom is 0.258 e. The normalized spacial score (nSPS) is 11.7. The fourth-order valence-electron chi connectivity index (χ4n) is 2.70. The maximum atomic E-state index is 12.9. The number of nitrogens with zero attached hydrogens (tertiary/aromatic N) is 3. The van der Waals surface area contributed by atoms with Gasteiger partial charge in [0.25, 0.3) is 5.91 Å². The van der Waals surface area contributed by atoms with E-state index in [-0.39, 0.29) is 18.4 Å². The number of carbonyl (C=O) groups is 2. The first-order chi connectivity index (χ1) is 14.9. The molecule has 0 aliphatic carbocycles. The van der Waals surface area contributed by atoms with E-state index in [1.165, 1.54) is 11.8 Å². The van der Waals surface area contributed by atoms with Crippen LogP contribution in [0.1, 0.15) is 21.3 Å². The number of hydrogen-bond acceptors (Lipinski definition) is 6. The molecule has 2 aromatic heterocycles. The van der Waals surface area contributed by atoms with Gasteiger partial charge in [-0.15, -0.1) is 0 Å². The molecule has 2 N–H and O–H groups in total. The van der Waals surface area contributed by atoms with Crippen LogP contribution in [0.4, 0.5) is 5.69 Å². The zero-order valence-corrected chi connectivity index (χ0v) is 18.7. The van der Waals surface area contributed by atoms with Gasteiger partial charge in [-0.2, -0.15) is 0 Å². The van der Waals surface area contributed by atoms with E-state index in [4.69, 9.17) is 11.6 Å². The molecule has 3 rings (SSSR count). The number of benzene rings is 1. The van der Waals surface area contributed by atoms with Crippen LogP contribution in [0.2, 0.25) is 5.02 Å². The Labute approximate surface area is 190 Å². The molecule has 2 heterocycles. The molecule has 0 aliphatic heterocycles. The molecular formula is C22H22ClN5O2S. The second kappa shape index (κ2) is 10.9. The summed E-state index contributed by atoms with van der Waals surface area (Å²) in [6.07, 6.45) is 4.94. The monoisotopic (exact) mass is 455 g/mol. The molecular weight excluding hydrogens is 434 g/mol. The quantitative estimate of drug-likeness (QED) is 0.396. The maximum absolute atomic E-state index is 12.9. The van der Waals surface area contributed by atoms with Crippen LogP contribution in [0.25, 0.3) is 0 Å². The third-order valence-electron chi connectivity index (χ3n) is 4.11. The smallest absolute Gasteiger partial charge is 0.258 e. The lowest BCUT2D eigenvalue weighted by atomic mass is 10.2. The summed E-state index contributed by atoms with van der Waals surface area (Å²) in [4.78, 5) is 35.5. The Morgan fingerprint density at radius 2 is 1.77 bits per heavy atom. The van der Waals surface area contributed by atoms with E-state index in [1.807, 2.05) is 26.2 Å². The van der Waals surface area contributed by atoms with Gasteiger partial charge in [0.05, 0.1) is 12.1 Å². The summed E-state index contributed by atoms with van der Waals surface area (Å²) < 4.78 is 0. The number of pyridine rings is 2.